The van der Waals surface area contributed by atoms with E-state index in [0.29, 0.717) is 19.7 Å². The molecule has 2 aromatic rings. The van der Waals surface area contributed by atoms with E-state index in [2.05, 4.69) is 34.0 Å². The van der Waals surface area contributed by atoms with Crippen LogP contribution in [0.5, 0.6) is 5.75 Å². The van der Waals surface area contributed by atoms with Crippen LogP contribution < -0.4 is 15.4 Å². The van der Waals surface area contributed by atoms with Gasteiger partial charge in [-0.1, -0.05) is 24.3 Å². The minimum absolute atomic E-state index is 0. The molecule has 2 N–H and O–H groups in total. The highest BCUT2D eigenvalue weighted by atomic mass is 127. The minimum Gasteiger partial charge on any atom is -0.492 e. The molecule has 0 amide bonds. The van der Waals surface area contributed by atoms with E-state index in [1.54, 1.807) is 11.3 Å². The maximum atomic E-state index is 5.64. The summed E-state index contributed by atoms with van der Waals surface area (Å²) >= 11 is 1.72. The molecular formula is C16H22IN3OS. The summed E-state index contributed by atoms with van der Waals surface area (Å²) in [6, 6.07) is 14.0. The van der Waals surface area contributed by atoms with Crippen molar-refractivity contribution in [1.82, 2.24) is 10.6 Å². The van der Waals surface area contributed by atoms with Crippen molar-refractivity contribution in [3.8, 4) is 5.75 Å². The molecule has 1 aromatic carbocycles. The minimum atomic E-state index is 0. The van der Waals surface area contributed by atoms with Crippen LogP contribution in [0.2, 0.25) is 0 Å². The van der Waals surface area contributed by atoms with Crippen LogP contribution in [-0.4, -0.2) is 25.7 Å². The summed E-state index contributed by atoms with van der Waals surface area (Å²) < 4.78 is 5.64. The molecule has 0 atom stereocenters. The van der Waals surface area contributed by atoms with Gasteiger partial charge in [-0.3, -0.25) is 0 Å². The summed E-state index contributed by atoms with van der Waals surface area (Å²) in [5.41, 5.74) is 0. The van der Waals surface area contributed by atoms with Crippen LogP contribution in [0.4, 0.5) is 0 Å². The lowest BCUT2D eigenvalue weighted by Gasteiger charge is -2.11. The van der Waals surface area contributed by atoms with Crippen LogP contribution in [-0.2, 0) is 6.54 Å². The lowest BCUT2D eigenvalue weighted by molar-refractivity contribution is 0.322. The van der Waals surface area contributed by atoms with E-state index in [1.165, 1.54) is 4.88 Å². The fourth-order valence-electron chi connectivity index (χ4n) is 1.76. The number of aliphatic imine (C=N–C) groups is 1. The highest BCUT2D eigenvalue weighted by Crippen LogP contribution is 2.09. The Morgan fingerprint density at radius 3 is 2.64 bits per heavy atom. The van der Waals surface area contributed by atoms with Crippen molar-refractivity contribution in [2.75, 3.05) is 19.7 Å². The monoisotopic (exact) mass is 431 g/mol. The van der Waals surface area contributed by atoms with Gasteiger partial charge in [0.05, 0.1) is 13.1 Å². The van der Waals surface area contributed by atoms with Crippen molar-refractivity contribution >= 4 is 41.3 Å². The van der Waals surface area contributed by atoms with Crippen molar-refractivity contribution in [1.29, 1.82) is 0 Å². The van der Waals surface area contributed by atoms with Crippen molar-refractivity contribution in [2.45, 2.75) is 13.5 Å². The van der Waals surface area contributed by atoms with Gasteiger partial charge in [0, 0.05) is 11.4 Å². The highest BCUT2D eigenvalue weighted by molar-refractivity contribution is 14.0. The molecule has 0 saturated heterocycles. The molecule has 0 bridgehead atoms. The molecule has 0 aliphatic heterocycles. The molecular weight excluding hydrogens is 409 g/mol. The number of thiophene rings is 1. The Bertz CT molecular complexity index is 532. The Labute approximate surface area is 153 Å². The third-order valence-electron chi connectivity index (χ3n) is 2.72. The molecule has 120 valence electrons. The Hall–Kier alpha value is -1.28. The Kier molecular flexibility index (Phi) is 9.65. The molecule has 1 heterocycles. The van der Waals surface area contributed by atoms with Crippen molar-refractivity contribution in [2.24, 2.45) is 4.99 Å². The number of ether oxygens (including phenoxy) is 1. The summed E-state index contributed by atoms with van der Waals surface area (Å²) in [7, 11) is 0. The van der Waals surface area contributed by atoms with Gasteiger partial charge in [-0.15, -0.1) is 35.3 Å². The van der Waals surface area contributed by atoms with Crippen LogP contribution >= 0.6 is 35.3 Å². The van der Waals surface area contributed by atoms with Gasteiger partial charge in [-0.25, -0.2) is 4.99 Å². The first-order chi connectivity index (χ1) is 10.4. The summed E-state index contributed by atoms with van der Waals surface area (Å²) in [6.07, 6.45) is 0. The Morgan fingerprint density at radius 1 is 1.14 bits per heavy atom. The van der Waals surface area contributed by atoms with E-state index >= 15 is 0 Å². The first-order valence-corrected chi connectivity index (χ1v) is 7.99. The molecule has 0 saturated carbocycles. The molecule has 0 fully saturated rings. The van der Waals surface area contributed by atoms with E-state index in [9.17, 15) is 0 Å². The van der Waals surface area contributed by atoms with Gasteiger partial charge in [0.25, 0.3) is 0 Å². The van der Waals surface area contributed by atoms with E-state index in [4.69, 9.17) is 4.74 Å². The predicted molar refractivity (Wildman–Crippen MR) is 104 cm³/mol. The quantitative estimate of drug-likeness (QED) is 0.305. The van der Waals surface area contributed by atoms with Crippen molar-refractivity contribution in [3.05, 3.63) is 52.7 Å². The fraction of sp³-hybridized carbons (Fsp3) is 0.312. The van der Waals surface area contributed by atoms with E-state index in [-0.39, 0.29) is 24.0 Å². The standard InChI is InChI=1S/C16H21N3OS.HI/c1-2-17-16(19-13-15-9-6-12-21-15)18-10-11-20-14-7-4-3-5-8-14;/h3-9,12H,2,10-11,13H2,1H3,(H2,17,18,19);1H. The maximum absolute atomic E-state index is 5.64. The van der Waals surface area contributed by atoms with Gasteiger partial charge in [0.1, 0.15) is 12.4 Å². The van der Waals surface area contributed by atoms with Crippen molar-refractivity contribution in [3.63, 3.8) is 0 Å². The Balaban J connectivity index is 0.00000242. The molecule has 0 aliphatic carbocycles. The highest BCUT2D eigenvalue weighted by Gasteiger charge is 1.98. The average molecular weight is 431 g/mol. The molecule has 2 rings (SSSR count). The van der Waals surface area contributed by atoms with Crippen LogP contribution in [0.15, 0.2) is 52.8 Å². The number of para-hydroxylation sites is 1. The lowest BCUT2D eigenvalue weighted by atomic mass is 10.3. The second kappa shape index (κ2) is 11.3. The number of nitrogens with zero attached hydrogens (tertiary/aromatic N) is 1. The number of benzene rings is 1. The summed E-state index contributed by atoms with van der Waals surface area (Å²) in [4.78, 5) is 5.81. The summed E-state index contributed by atoms with van der Waals surface area (Å²) in [5, 5.41) is 8.57. The number of hydrogen-bond donors (Lipinski definition) is 2. The van der Waals surface area contributed by atoms with Gasteiger partial charge >= 0.3 is 0 Å². The summed E-state index contributed by atoms with van der Waals surface area (Å²) in [5.74, 6) is 1.71. The molecule has 0 unspecified atom stereocenters. The molecule has 0 radical (unpaired) electrons. The van der Waals surface area contributed by atoms with E-state index in [0.717, 1.165) is 18.3 Å². The molecule has 1 aromatic heterocycles. The zero-order chi connectivity index (χ0) is 14.8. The second-order valence-electron chi connectivity index (χ2n) is 4.36. The third kappa shape index (κ3) is 7.13. The smallest absolute Gasteiger partial charge is 0.191 e. The maximum Gasteiger partial charge on any atom is 0.191 e. The van der Waals surface area contributed by atoms with Crippen LogP contribution in [0.1, 0.15) is 11.8 Å². The van der Waals surface area contributed by atoms with Gasteiger partial charge in [-0.2, -0.15) is 0 Å². The Morgan fingerprint density at radius 2 is 1.95 bits per heavy atom. The van der Waals surface area contributed by atoms with Crippen LogP contribution in [0, 0.1) is 0 Å². The van der Waals surface area contributed by atoms with E-state index < -0.39 is 0 Å². The molecule has 4 nitrogen and oxygen atoms in total. The lowest BCUT2D eigenvalue weighted by Crippen LogP contribution is -2.39. The second-order valence-corrected chi connectivity index (χ2v) is 5.40. The third-order valence-corrected chi connectivity index (χ3v) is 3.58. The normalized spacial score (nSPS) is 10.7. The van der Waals surface area contributed by atoms with Gasteiger partial charge in [0.2, 0.25) is 0 Å². The van der Waals surface area contributed by atoms with Crippen LogP contribution in [0.3, 0.4) is 0 Å². The molecule has 6 heteroatoms. The van der Waals surface area contributed by atoms with Gasteiger partial charge < -0.3 is 15.4 Å². The predicted octanol–water partition coefficient (Wildman–Crippen LogP) is 3.50. The van der Waals surface area contributed by atoms with E-state index in [1.807, 2.05) is 36.4 Å². The number of rotatable bonds is 7. The average Bonchev–Trinajstić information content (AvgIpc) is 3.03. The molecule has 0 spiro atoms. The van der Waals surface area contributed by atoms with Crippen molar-refractivity contribution < 1.29 is 4.74 Å². The number of nitrogens with one attached hydrogen (secondary N) is 2. The number of halogens is 1. The number of hydrogen-bond acceptors (Lipinski definition) is 3. The van der Waals surface area contributed by atoms with Gasteiger partial charge in [-0.05, 0) is 30.5 Å². The molecule has 0 aliphatic rings. The zero-order valence-electron chi connectivity index (χ0n) is 12.6. The fourth-order valence-corrected chi connectivity index (χ4v) is 2.38. The number of guanidine groups is 1. The first-order valence-electron chi connectivity index (χ1n) is 7.11. The SMILES string of the molecule is CCNC(=NCc1cccs1)NCCOc1ccccc1.I. The van der Waals surface area contributed by atoms with Crippen LogP contribution in [0.25, 0.3) is 0 Å². The largest absolute Gasteiger partial charge is 0.492 e. The first kappa shape index (κ1) is 18.8. The topological polar surface area (TPSA) is 45.7 Å². The molecule has 22 heavy (non-hydrogen) atoms. The van der Waals surface area contributed by atoms with Gasteiger partial charge in [0.15, 0.2) is 5.96 Å². The zero-order valence-corrected chi connectivity index (χ0v) is 15.8. The summed E-state index contributed by atoms with van der Waals surface area (Å²) in [6.45, 7) is 4.92.